The van der Waals surface area contributed by atoms with Gasteiger partial charge in [-0.2, -0.15) is 17.4 Å². The Labute approximate surface area is 116 Å². The number of halogens is 1. The van der Waals surface area contributed by atoms with E-state index < -0.39 is 10.2 Å². The van der Waals surface area contributed by atoms with Crippen molar-refractivity contribution >= 4 is 22.6 Å². The van der Waals surface area contributed by atoms with Crippen molar-refractivity contribution in [2.45, 2.75) is 32.2 Å². The second-order valence-corrected chi connectivity index (χ2v) is 7.23. The minimum atomic E-state index is -3.29. The van der Waals surface area contributed by atoms with Gasteiger partial charge in [0.1, 0.15) is 0 Å². The van der Waals surface area contributed by atoms with Crippen LogP contribution in [0.25, 0.3) is 0 Å². The lowest BCUT2D eigenvalue weighted by molar-refractivity contribution is 0.319. The monoisotopic (exact) mass is 297 g/mol. The molecule has 2 aliphatic rings. The van der Waals surface area contributed by atoms with Gasteiger partial charge in [0, 0.05) is 19.6 Å². The van der Waals surface area contributed by atoms with Crippen LogP contribution in [0.2, 0.25) is 0 Å². The third kappa shape index (κ3) is 4.35. The summed E-state index contributed by atoms with van der Waals surface area (Å²) in [5.74, 6) is 0.940. The van der Waals surface area contributed by atoms with Crippen molar-refractivity contribution in [1.29, 1.82) is 0 Å². The second-order valence-electron chi connectivity index (χ2n) is 5.42. The summed E-state index contributed by atoms with van der Waals surface area (Å²) in [7, 11) is -1.62. The topological polar surface area (TPSA) is 61.4 Å². The third-order valence-corrected chi connectivity index (χ3v) is 5.28. The van der Waals surface area contributed by atoms with Crippen LogP contribution in [0.3, 0.4) is 0 Å². The van der Waals surface area contributed by atoms with Crippen molar-refractivity contribution in [2.24, 2.45) is 11.8 Å². The summed E-state index contributed by atoms with van der Waals surface area (Å²) in [6.45, 7) is 4.53. The minimum absolute atomic E-state index is 0. The maximum absolute atomic E-state index is 12.1. The largest absolute Gasteiger partial charge is 0.316 e. The van der Waals surface area contributed by atoms with E-state index in [2.05, 4.69) is 17.0 Å². The lowest BCUT2D eigenvalue weighted by Crippen LogP contribution is -2.51. The zero-order valence-corrected chi connectivity index (χ0v) is 12.7. The molecule has 0 radical (unpaired) electrons. The van der Waals surface area contributed by atoms with Crippen molar-refractivity contribution in [2.75, 3.05) is 26.7 Å². The molecule has 0 bridgehead atoms. The fraction of sp³-hybridized carbons (Fsp3) is 1.00. The molecule has 0 amide bonds. The molecule has 2 unspecified atom stereocenters. The highest BCUT2D eigenvalue weighted by Crippen LogP contribution is 2.29. The van der Waals surface area contributed by atoms with Gasteiger partial charge in [0.05, 0.1) is 0 Å². The first kappa shape index (κ1) is 16.2. The van der Waals surface area contributed by atoms with Gasteiger partial charge in [-0.25, -0.2) is 0 Å². The van der Waals surface area contributed by atoms with Crippen molar-refractivity contribution < 1.29 is 8.42 Å². The predicted molar refractivity (Wildman–Crippen MR) is 75.1 cm³/mol. The molecular weight excluding hydrogens is 274 g/mol. The van der Waals surface area contributed by atoms with Crippen LogP contribution in [0.1, 0.15) is 26.2 Å². The maximum atomic E-state index is 12.1. The summed E-state index contributed by atoms with van der Waals surface area (Å²) in [6, 6.07) is 0.0721. The average molecular weight is 298 g/mol. The van der Waals surface area contributed by atoms with Crippen LogP contribution in [-0.2, 0) is 10.2 Å². The SMILES string of the molecule is CC1CNCCC1NS(=O)(=O)N(C)CC1CC1.Cl. The molecule has 0 aromatic rings. The Balaban J connectivity index is 0.00000162. The maximum Gasteiger partial charge on any atom is 0.279 e. The molecule has 1 heterocycles. The van der Waals surface area contributed by atoms with Crippen LogP contribution in [0.5, 0.6) is 0 Å². The average Bonchev–Trinajstić information content (AvgIpc) is 3.05. The van der Waals surface area contributed by atoms with Gasteiger partial charge in [0.15, 0.2) is 0 Å². The van der Waals surface area contributed by atoms with E-state index in [-0.39, 0.29) is 18.4 Å². The van der Waals surface area contributed by atoms with Crippen molar-refractivity contribution in [3.8, 4) is 0 Å². The van der Waals surface area contributed by atoms with E-state index in [4.69, 9.17) is 0 Å². The van der Waals surface area contributed by atoms with Crippen molar-refractivity contribution in [1.82, 2.24) is 14.3 Å². The highest BCUT2D eigenvalue weighted by atomic mass is 35.5. The number of nitrogens with one attached hydrogen (secondary N) is 2. The van der Waals surface area contributed by atoms with Crippen molar-refractivity contribution in [3.63, 3.8) is 0 Å². The molecule has 1 aliphatic heterocycles. The first-order chi connectivity index (χ1) is 7.99. The number of hydrogen-bond donors (Lipinski definition) is 2. The number of piperidine rings is 1. The molecule has 2 fully saturated rings. The van der Waals surface area contributed by atoms with E-state index >= 15 is 0 Å². The number of nitrogens with zero attached hydrogens (tertiary/aromatic N) is 1. The van der Waals surface area contributed by atoms with E-state index in [1.165, 1.54) is 17.1 Å². The molecule has 1 saturated carbocycles. The highest BCUT2D eigenvalue weighted by molar-refractivity contribution is 7.87. The Morgan fingerprint density at radius 1 is 1.33 bits per heavy atom. The van der Waals surface area contributed by atoms with Crippen molar-refractivity contribution in [3.05, 3.63) is 0 Å². The molecule has 18 heavy (non-hydrogen) atoms. The Morgan fingerprint density at radius 2 is 2.00 bits per heavy atom. The van der Waals surface area contributed by atoms with Gasteiger partial charge in [0.2, 0.25) is 0 Å². The first-order valence-electron chi connectivity index (χ1n) is 6.43. The lowest BCUT2D eigenvalue weighted by atomic mass is 9.97. The highest BCUT2D eigenvalue weighted by Gasteiger charge is 2.31. The molecule has 0 aromatic heterocycles. The van der Waals surface area contributed by atoms with Gasteiger partial charge < -0.3 is 5.32 Å². The molecule has 0 spiro atoms. The molecule has 1 aliphatic carbocycles. The first-order valence-corrected chi connectivity index (χ1v) is 7.87. The van der Waals surface area contributed by atoms with Crippen LogP contribution >= 0.6 is 12.4 Å². The van der Waals surface area contributed by atoms with Gasteiger partial charge in [0.25, 0.3) is 10.2 Å². The van der Waals surface area contributed by atoms with Crippen LogP contribution in [0.4, 0.5) is 0 Å². The Morgan fingerprint density at radius 3 is 2.56 bits per heavy atom. The van der Waals surface area contributed by atoms with Gasteiger partial charge in [-0.15, -0.1) is 12.4 Å². The molecule has 0 aromatic carbocycles. The zero-order valence-electron chi connectivity index (χ0n) is 11.1. The van der Waals surface area contributed by atoms with Crippen LogP contribution in [0.15, 0.2) is 0 Å². The summed E-state index contributed by atoms with van der Waals surface area (Å²) in [6.07, 6.45) is 3.21. The summed E-state index contributed by atoms with van der Waals surface area (Å²) in [5.41, 5.74) is 0. The van der Waals surface area contributed by atoms with E-state index in [1.54, 1.807) is 7.05 Å². The molecule has 2 rings (SSSR count). The number of hydrogen-bond acceptors (Lipinski definition) is 3. The smallest absolute Gasteiger partial charge is 0.279 e. The van der Waals surface area contributed by atoms with Crippen LogP contribution in [0, 0.1) is 11.8 Å². The third-order valence-electron chi connectivity index (χ3n) is 3.71. The lowest BCUT2D eigenvalue weighted by Gasteiger charge is -2.31. The molecule has 7 heteroatoms. The molecule has 2 N–H and O–H groups in total. The zero-order chi connectivity index (χ0) is 12.5. The van der Waals surface area contributed by atoms with Gasteiger partial charge in [-0.05, 0) is 44.2 Å². The fourth-order valence-electron chi connectivity index (χ4n) is 2.23. The van der Waals surface area contributed by atoms with Gasteiger partial charge in [-0.3, -0.25) is 0 Å². The molecular formula is C11H24ClN3O2S. The van der Waals surface area contributed by atoms with E-state index in [0.717, 1.165) is 19.5 Å². The van der Waals surface area contributed by atoms with E-state index in [0.29, 0.717) is 18.4 Å². The normalized spacial score (nSPS) is 29.1. The molecule has 108 valence electrons. The Kier molecular flexibility index (Phi) is 5.86. The standard InChI is InChI=1S/C11H23N3O2S.ClH/c1-9-7-12-6-5-11(9)13-17(15,16)14(2)8-10-3-4-10;/h9-13H,3-8H2,1-2H3;1H. The summed E-state index contributed by atoms with van der Waals surface area (Å²) in [5, 5.41) is 3.27. The molecule has 1 saturated heterocycles. The predicted octanol–water partition coefficient (Wildman–Crippen LogP) is 0.582. The van der Waals surface area contributed by atoms with Gasteiger partial charge >= 0.3 is 0 Å². The van der Waals surface area contributed by atoms with Crippen LogP contribution in [-0.4, -0.2) is 45.4 Å². The molecule has 5 nitrogen and oxygen atoms in total. The second kappa shape index (κ2) is 6.52. The summed E-state index contributed by atoms with van der Waals surface area (Å²) < 4.78 is 28.5. The Bertz CT molecular complexity index is 359. The summed E-state index contributed by atoms with van der Waals surface area (Å²) in [4.78, 5) is 0. The Hall–Kier alpha value is 0.120. The minimum Gasteiger partial charge on any atom is -0.316 e. The van der Waals surface area contributed by atoms with Crippen LogP contribution < -0.4 is 10.0 Å². The van der Waals surface area contributed by atoms with E-state index in [1.807, 2.05) is 0 Å². The number of rotatable bonds is 5. The molecule has 2 atom stereocenters. The van der Waals surface area contributed by atoms with E-state index in [9.17, 15) is 8.42 Å². The fourth-order valence-corrected chi connectivity index (χ4v) is 3.55. The quantitative estimate of drug-likeness (QED) is 0.780. The summed E-state index contributed by atoms with van der Waals surface area (Å²) >= 11 is 0. The van der Waals surface area contributed by atoms with Gasteiger partial charge in [-0.1, -0.05) is 6.92 Å².